The third-order valence-electron chi connectivity index (χ3n) is 9.19. The van der Waals surface area contributed by atoms with Crippen LogP contribution in [0.4, 0.5) is 0 Å². The standard InChI is InChI=1S/C35H46Si2/c1-23-13-15-26(4)33(19-23)37(34-20-24(2)14-16-27(34)5,35(9)22-28(6)29(7)30(35)8)32-18-25(3)17-31(21-32)36(10,11)12/h13-22H,1-12H3. The van der Waals surface area contributed by atoms with Crippen LogP contribution in [0.1, 0.15) is 55.5 Å². The number of hydrogen-bond acceptors (Lipinski definition) is 0. The fourth-order valence-electron chi connectivity index (χ4n) is 6.75. The summed E-state index contributed by atoms with van der Waals surface area (Å²) >= 11 is 0. The maximum atomic E-state index is 2.64. The highest BCUT2D eigenvalue weighted by molar-refractivity contribution is 7.14. The van der Waals surface area contributed by atoms with Gasteiger partial charge in [-0.15, -0.1) is 0 Å². The Morgan fingerprint density at radius 1 is 0.568 bits per heavy atom. The van der Waals surface area contributed by atoms with Crippen LogP contribution in [0.2, 0.25) is 24.7 Å². The minimum atomic E-state index is -2.67. The van der Waals surface area contributed by atoms with Gasteiger partial charge < -0.3 is 0 Å². The van der Waals surface area contributed by atoms with E-state index in [-0.39, 0.29) is 5.04 Å². The fraction of sp³-hybridized carbons (Fsp3) is 0.371. The van der Waals surface area contributed by atoms with Gasteiger partial charge in [0.05, 0.1) is 8.07 Å². The SMILES string of the molecule is CC1=CC(C)([Si](c2cc(C)cc([Si](C)(C)C)c2)(c2cc(C)ccc2C)c2cc(C)ccc2C)C(C)=C1C. The van der Waals surface area contributed by atoms with E-state index < -0.39 is 16.1 Å². The first-order chi connectivity index (χ1) is 17.1. The van der Waals surface area contributed by atoms with Crippen molar-refractivity contribution in [3.63, 3.8) is 0 Å². The average Bonchev–Trinajstić information content (AvgIpc) is 3.01. The maximum Gasteiger partial charge on any atom is 0.162 e. The van der Waals surface area contributed by atoms with Crippen LogP contribution in [0.25, 0.3) is 0 Å². The third kappa shape index (κ3) is 4.36. The van der Waals surface area contributed by atoms with E-state index in [4.69, 9.17) is 0 Å². The van der Waals surface area contributed by atoms with Crippen molar-refractivity contribution >= 4 is 36.9 Å². The Kier molecular flexibility index (Phi) is 7.01. The van der Waals surface area contributed by atoms with Gasteiger partial charge in [0, 0.05) is 5.04 Å². The molecule has 0 heterocycles. The molecule has 3 aromatic rings. The van der Waals surface area contributed by atoms with Crippen molar-refractivity contribution in [2.24, 2.45) is 0 Å². The van der Waals surface area contributed by atoms with E-state index in [1.165, 1.54) is 44.5 Å². The van der Waals surface area contributed by atoms with Crippen molar-refractivity contribution in [2.75, 3.05) is 0 Å². The van der Waals surface area contributed by atoms with E-state index in [1.54, 1.807) is 20.7 Å². The van der Waals surface area contributed by atoms with Crippen molar-refractivity contribution in [3.05, 3.63) is 105 Å². The van der Waals surface area contributed by atoms with Gasteiger partial charge in [-0.1, -0.05) is 131 Å². The second-order valence-electron chi connectivity index (χ2n) is 13.0. The second kappa shape index (κ2) is 9.40. The first kappa shape index (κ1) is 27.6. The Balaban J connectivity index is 2.35. The normalized spacial score (nSPS) is 18.4. The van der Waals surface area contributed by atoms with Crippen LogP contribution in [0, 0.1) is 34.6 Å². The molecule has 0 saturated heterocycles. The molecule has 1 unspecified atom stereocenters. The summed E-state index contributed by atoms with van der Waals surface area (Å²) in [5, 5.41) is 6.18. The third-order valence-corrected chi connectivity index (χ3v) is 17.1. The predicted molar refractivity (Wildman–Crippen MR) is 171 cm³/mol. The zero-order chi connectivity index (χ0) is 27.5. The number of aryl methyl sites for hydroxylation is 5. The lowest BCUT2D eigenvalue weighted by atomic mass is 10.0. The Morgan fingerprint density at radius 3 is 1.49 bits per heavy atom. The second-order valence-corrected chi connectivity index (χ2v) is 22.3. The Hall–Kier alpha value is -2.43. The number of rotatable bonds is 5. The molecule has 194 valence electrons. The van der Waals surface area contributed by atoms with Crippen LogP contribution in [-0.4, -0.2) is 16.1 Å². The van der Waals surface area contributed by atoms with Gasteiger partial charge in [0.2, 0.25) is 0 Å². The number of hydrogen-bond donors (Lipinski definition) is 0. The molecular weight excluding hydrogens is 477 g/mol. The quantitative estimate of drug-likeness (QED) is 0.244. The average molecular weight is 523 g/mol. The molecule has 0 bridgehead atoms. The van der Waals surface area contributed by atoms with E-state index in [0.717, 1.165) is 0 Å². The lowest BCUT2D eigenvalue weighted by Crippen LogP contribution is -2.74. The van der Waals surface area contributed by atoms with Crippen LogP contribution in [-0.2, 0) is 0 Å². The lowest BCUT2D eigenvalue weighted by molar-refractivity contribution is 0.869. The summed E-state index contributed by atoms with van der Waals surface area (Å²) in [5.41, 5.74) is 11.4. The Labute approximate surface area is 228 Å². The zero-order valence-corrected chi connectivity index (χ0v) is 27.3. The molecule has 0 saturated carbocycles. The van der Waals surface area contributed by atoms with Crippen LogP contribution < -0.4 is 20.7 Å². The van der Waals surface area contributed by atoms with Crippen molar-refractivity contribution in [1.82, 2.24) is 0 Å². The summed E-state index contributed by atoms with van der Waals surface area (Å²) in [6.45, 7) is 28.6. The summed E-state index contributed by atoms with van der Waals surface area (Å²) in [5.74, 6) is 0. The maximum absolute atomic E-state index is 2.67. The minimum Gasteiger partial charge on any atom is -0.0730 e. The molecular formula is C35H46Si2. The number of allylic oxidation sites excluding steroid dienone is 4. The molecule has 0 amide bonds. The molecule has 4 rings (SSSR count). The minimum absolute atomic E-state index is 0.0806. The molecule has 0 aliphatic heterocycles. The highest BCUT2D eigenvalue weighted by Crippen LogP contribution is 2.53. The molecule has 0 aromatic heterocycles. The largest absolute Gasteiger partial charge is 0.162 e. The molecule has 0 nitrogen and oxygen atoms in total. The van der Waals surface area contributed by atoms with Gasteiger partial charge in [-0.05, 0) is 76.5 Å². The van der Waals surface area contributed by atoms with E-state index in [2.05, 4.69) is 143 Å². The van der Waals surface area contributed by atoms with Crippen molar-refractivity contribution < 1.29 is 0 Å². The van der Waals surface area contributed by atoms with E-state index >= 15 is 0 Å². The molecule has 0 spiro atoms. The summed E-state index contributed by atoms with van der Waals surface area (Å²) < 4.78 is 0. The first-order valence-electron chi connectivity index (χ1n) is 13.8. The Morgan fingerprint density at radius 2 is 1.05 bits per heavy atom. The summed E-state index contributed by atoms with van der Waals surface area (Å²) in [4.78, 5) is 0. The van der Waals surface area contributed by atoms with Gasteiger partial charge in [-0.2, -0.15) is 0 Å². The highest BCUT2D eigenvalue weighted by Gasteiger charge is 2.57. The molecule has 0 fully saturated rings. The Bertz CT molecular complexity index is 1390. The smallest absolute Gasteiger partial charge is 0.0730 e. The molecule has 2 heteroatoms. The monoisotopic (exact) mass is 522 g/mol. The van der Waals surface area contributed by atoms with Crippen molar-refractivity contribution in [2.45, 2.75) is 87.0 Å². The van der Waals surface area contributed by atoms with Gasteiger partial charge in [-0.3, -0.25) is 0 Å². The number of benzene rings is 3. The van der Waals surface area contributed by atoms with Crippen LogP contribution in [0.3, 0.4) is 0 Å². The summed E-state index contributed by atoms with van der Waals surface area (Å²) in [7, 11) is -4.21. The van der Waals surface area contributed by atoms with Gasteiger partial charge in [0.15, 0.2) is 8.07 Å². The first-order valence-corrected chi connectivity index (χ1v) is 19.3. The van der Waals surface area contributed by atoms with E-state index in [1.807, 2.05) is 0 Å². The molecule has 1 aliphatic carbocycles. The van der Waals surface area contributed by atoms with E-state index in [9.17, 15) is 0 Å². The molecule has 0 N–H and O–H groups in total. The highest BCUT2D eigenvalue weighted by atomic mass is 28.3. The van der Waals surface area contributed by atoms with E-state index in [0.29, 0.717) is 0 Å². The van der Waals surface area contributed by atoms with Crippen molar-refractivity contribution in [1.29, 1.82) is 0 Å². The molecule has 1 aliphatic rings. The van der Waals surface area contributed by atoms with Crippen LogP contribution in [0.5, 0.6) is 0 Å². The summed E-state index contributed by atoms with van der Waals surface area (Å²) in [6.07, 6.45) is 2.64. The fourth-order valence-corrected chi connectivity index (χ4v) is 15.0. The van der Waals surface area contributed by atoms with Crippen LogP contribution in [0.15, 0.2) is 77.4 Å². The van der Waals surface area contributed by atoms with Gasteiger partial charge >= 0.3 is 0 Å². The molecule has 1 atom stereocenters. The lowest BCUT2D eigenvalue weighted by Gasteiger charge is -2.49. The zero-order valence-electron chi connectivity index (χ0n) is 25.3. The van der Waals surface area contributed by atoms with Crippen molar-refractivity contribution in [3.8, 4) is 0 Å². The van der Waals surface area contributed by atoms with Crippen LogP contribution >= 0.6 is 0 Å². The topological polar surface area (TPSA) is 0 Å². The van der Waals surface area contributed by atoms with Gasteiger partial charge in [-0.25, -0.2) is 0 Å². The van der Waals surface area contributed by atoms with Gasteiger partial charge in [0.1, 0.15) is 0 Å². The molecule has 0 radical (unpaired) electrons. The summed E-state index contributed by atoms with van der Waals surface area (Å²) in [6, 6.07) is 22.0. The molecule has 37 heavy (non-hydrogen) atoms. The van der Waals surface area contributed by atoms with Gasteiger partial charge in [0.25, 0.3) is 0 Å². The predicted octanol–water partition coefficient (Wildman–Crippen LogP) is 7.30. The molecule has 3 aromatic carbocycles.